The largest absolute Gasteiger partial charge is 0.370 e. The summed E-state index contributed by atoms with van der Waals surface area (Å²) in [5.41, 5.74) is 9.98. The predicted octanol–water partition coefficient (Wildman–Crippen LogP) is 2.33. The van der Waals surface area contributed by atoms with Crippen LogP contribution < -0.4 is 11.1 Å². The molecule has 0 aliphatic carbocycles. The molecule has 0 saturated carbocycles. The van der Waals surface area contributed by atoms with Crippen molar-refractivity contribution in [3.05, 3.63) is 64.7 Å². The molecule has 0 saturated heterocycles. The minimum atomic E-state index is -0.281. The molecule has 0 bridgehead atoms. The molecule has 3 N–H and O–H groups in total. The highest BCUT2D eigenvalue weighted by atomic mass is 16.2. The third kappa shape index (κ3) is 3.38. The molecule has 3 rings (SSSR count). The quantitative estimate of drug-likeness (QED) is 0.509. The van der Waals surface area contributed by atoms with Crippen LogP contribution in [0.25, 0.3) is 0 Å². The molecule has 0 atom stereocenters. The van der Waals surface area contributed by atoms with Crippen LogP contribution in [0.15, 0.2) is 47.5 Å². The highest BCUT2D eigenvalue weighted by Gasteiger charge is 2.34. The van der Waals surface area contributed by atoms with E-state index in [9.17, 15) is 9.59 Å². The van der Waals surface area contributed by atoms with Crippen molar-refractivity contribution >= 4 is 23.5 Å². The Morgan fingerprint density at radius 3 is 2.28 bits per heavy atom. The molecule has 2 amide bonds. The number of nitrogens with zero attached hydrogens (tertiary/aromatic N) is 2. The number of rotatable bonds is 4. The fourth-order valence-electron chi connectivity index (χ4n) is 2.72. The minimum absolute atomic E-state index is 0.196. The summed E-state index contributed by atoms with van der Waals surface area (Å²) in [5.74, 6) is -0.312. The van der Waals surface area contributed by atoms with Gasteiger partial charge in [-0.25, -0.2) is 0 Å². The summed E-state index contributed by atoms with van der Waals surface area (Å²) in [6, 6.07) is 12.7. The Hall–Kier alpha value is -3.15. The van der Waals surface area contributed by atoms with Crippen molar-refractivity contribution in [3.8, 4) is 0 Å². The Morgan fingerprint density at radius 1 is 1.04 bits per heavy atom. The van der Waals surface area contributed by atoms with Gasteiger partial charge >= 0.3 is 0 Å². The number of hydrogen-bond acceptors (Lipinski definition) is 3. The Balaban J connectivity index is 1.60. The van der Waals surface area contributed by atoms with Gasteiger partial charge in [0.25, 0.3) is 11.8 Å². The Bertz CT molecular complexity index is 838. The number of carbonyl (C=O) groups is 2. The fourth-order valence-corrected chi connectivity index (χ4v) is 2.72. The first-order valence-corrected chi connectivity index (χ1v) is 8.07. The number of carbonyl (C=O) groups excluding carboxylic acids is 2. The van der Waals surface area contributed by atoms with Crippen LogP contribution in [0.3, 0.4) is 0 Å². The third-order valence-corrected chi connectivity index (χ3v) is 4.26. The minimum Gasteiger partial charge on any atom is -0.370 e. The van der Waals surface area contributed by atoms with Gasteiger partial charge in [-0.1, -0.05) is 18.2 Å². The van der Waals surface area contributed by atoms with Gasteiger partial charge in [0.2, 0.25) is 0 Å². The van der Waals surface area contributed by atoms with Gasteiger partial charge < -0.3 is 11.1 Å². The van der Waals surface area contributed by atoms with Crippen LogP contribution in [0.2, 0.25) is 0 Å². The lowest BCUT2D eigenvalue weighted by Gasteiger charge is -2.12. The second-order valence-corrected chi connectivity index (χ2v) is 6.00. The molecule has 0 fully saturated rings. The lowest BCUT2D eigenvalue weighted by molar-refractivity contribution is 0.0659. The highest BCUT2D eigenvalue weighted by Crippen LogP contribution is 2.21. The van der Waals surface area contributed by atoms with Crippen LogP contribution in [0.4, 0.5) is 5.69 Å². The Labute approximate surface area is 146 Å². The maximum atomic E-state index is 12.3. The standard InChI is InChI=1S/C19H20N4O2/c1-12-7-8-14(11-13(12)2)22-19(20)21-9-10-23-17(24)15-5-3-4-6-16(15)18(23)25/h3-8,11H,9-10H2,1-2H3,(H3,20,21,22). The second kappa shape index (κ2) is 6.76. The van der Waals surface area contributed by atoms with Crippen molar-refractivity contribution in [2.45, 2.75) is 13.8 Å². The smallest absolute Gasteiger partial charge is 0.261 e. The molecule has 0 aromatic heterocycles. The van der Waals surface area contributed by atoms with Crippen LogP contribution in [-0.4, -0.2) is 35.8 Å². The normalized spacial score (nSPS) is 14.0. The number of nitrogens with one attached hydrogen (secondary N) is 1. The monoisotopic (exact) mass is 336 g/mol. The van der Waals surface area contributed by atoms with E-state index in [0.717, 1.165) is 11.3 Å². The number of nitrogens with two attached hydrogens (primary N) is 1. The molecule has 0 radical (unpaired) electrons. The summed E-state index contributed by atoms with van der Waals surface area (Å²) in [4.78, 5) is 29.9. The van der Waals surface area contributed by atoms with E-state index in [1.807, 2.05) is 32.0 Å². The van der Waals surface area contributed by atoms with Crippen LogP contribution in [-0.2, 0) is 0 Å². The summed E-state index contributed by atoms with van der Waals surface area (Å²) < 4.78 is 0. The molecule has 25 heavy (non-hydrogen) atoms. The number of aliphatic imine (C=N–C) groups is 1. The van der Waals surface area contributed by atoms with E-state index in [1.165, 1.54) is 10.5 Å². The van der Waals surface area contributed by atoms with Gasteiger partial charge in [0.05, 0.1) is 17.7 Å². The lowest BCUT2D eigenvalue weighted by Crippen LogP contribution is -2.33. The van der Waals surface area contributed by atoms with Crippen molar-refractivity contribution in [1.82, 2.24) is 4.90 Å². The number of amides is 2. The van der Waals surface area contributed by atoms with Gasteiger partial charge in [0, 0.05) is 12.2 Å². The van der Waals surface area contributed by atoms with E-state index in [2.05, 4.69) is 10.3 Å². The topological polar surface area (TPSA) is 87.8 Å². The summed E-state index contributed by atoms with van der Waals surface area (Å²) in [6.45, 7) is 4.51. The number of guanidine groups is 1. The van der Waals surface area contributed by atoms with E-state index in [4.69, 9.17) is 5.73 Å². The molecule has 2 aromatic carbocycles. The molecule has 1 aliphatic heterocycles. The SMILES string of the molecule is Cc1ccc(NC(N)=NCCN2C(=O)c3ccccc3C2=O)cc1C. The average molecular weight is 336 g/mol. The number of imide groups is 1. The number of hydrogen-bond donors (Lipinski definition) is 2. The van der Waals surface area contributed by atoms with Gasteiger partial charge in [-0.15, -0.1) is 0 Å². The van der Waals surface area contributed by atoms with Crippen molar-refractivity contribution in [3.63, 3.8) is 0 Å². The highest BCUT2D eigenvalue weighted by molar-refractivity contribution is 6.21. The van der Waals surface area contributed by atoms with Crippen LogP contribution >= 0.6 is 0 Å². The van der Waals surface area contributed by atoms with Gasteiger partial charge in [-0.2, -0.15) is 0 Å². The van der Waals surface area contributed by atoms with E-state index >= 15 is 0 Å². The predicted molar refractivity (Wildman–Crippen MR) is 97.8 cm³/mol. The van der Waals surface area contributed by atoms with Gasteiger partial charge in [-0.3, -0.25) is 19.5 Å². The van der Waals surface area contributed by atoms with Crippen molar-refractivity contribution in [2.24, 2.45) is 10.7 Å². The van der Waals surface area contributed by atoms with Crippen LogP contribution in [0.5, 0.6) is 0 Å². The zero-order chi connectivity index (χ0) is 18.0. The van der Waals surface area contributed by atoms with Gasteiger partial charge in [0.15, 0.2) is 5.96 Å². The number of anilines is 1. The number of fused-ring (bicyclic) bond motifs is 1. The van der Waals surface area contributed by atoms with E-state index < -0.39 is 0 Å². The number of benzene rings is 2. The first kappa shape index (κ1) is 16.7. The summed E-state index contributed by atoms with van der Waals surface area (Å²) in [7, 11) is 0. The van der Waals surface area contributed by atoms with Crippen molar-refractivity contribution in [2.75, 3.05) is 18.4 Å². The zero-order valence-electron chi connectivity index (χ0n) is 14.2. The van der Waals surface area contributed by atoms with E-state index in [-0.39, 0.29) is 30.9 Å². The molecule has 6 nitrogen and oxygen atoms in total. The Morgan fingerprint density at radius 2 is 1.68 bits per heavy atom. The van der Waals surface area contributed by atoms with Crippen molar-refractivity contribution in [1.29, 1.82) is 0 Å². The molecule has 128 valence electrons. The fraction of sp³-hybridized carbons (Fsp3) is 0.211. The Kier molecular flexibility index (Phi) is 4.52. The first-order chi connectivity index (χ1) is 12.0. The van der Waals surface area contributed by atoms with E-state index in [1.54, 1.807) is 24.3 Å². The summed E-state index contributed by atoms with van der Waals surface area (Å²) >= 11 is 0. The zero-order valence-corrected chi connectivity index (χ0v) is 14.2. The molecule has 1 heterocycles. The van der Waals surface area contributed by atoms with Gasteiger partial charge in [-0.05, 0) is 49.2 Å². The number of aryl methyl sites for hydroxylation is 2. The molecular formula is C19H20N4O2. The first-order valence-electron chi connectivity index (χ1n) is 8.07. The van der Waals surface area contributed by atoms with Crippen molar-refractivity contribution < 1.29 is 9.59 Å². The third-order valence-electron chi connectivity index (χ3n) is 4.26. The summed E-state index contributed by atoms with van der Waals surface area (Å²) in [5, 5.41) is 3.01. The average Bonchev–Trinajstić information content (AvgIpc) is 2.83. The van der Waals surface area contributed by atoms with E-state index in [0.29, 0.717) is 11.1 Å². The van der Waals surface area contributed by atoms with Crippen LogP contribution in [0.1, 0.15) is 31.8 Å². The molecule has 1 aliphatic rings. The summed E-state index contributed by atoms with van der Waals surface area (Å²) in [6.07, 6.45) is 0. The van der Waals surface area contributed by atoms with Crippen LogP contribution in [0, 0.1) is 13.8 Å². The molecular weight excluding hydrogens is 316 g/mol. The van der Waals surface area contributed by atoms with Gasteiger partial charge in [0.1, 0.15) is 0 Å². The maximum absolute atomic E-state index is 12.3. The second-order valence-electron chi connectivity index (χ2n) is 6.00. The molecule has 6 heteroatoms. The molecule has 2 aromatic rings. The lowest BCUT2D eigenvalue weighted by atomic mass is 10.1. The maximum Gasteiger partial charge on any atom is 0.261 e. The molecule has 0 spiro atoms. The molecule has 0 unspecified atom stereocenters.